The minimum Gasteiger partial charge on any atom is -0.496 e. The highest BCUT2D eigenvalue weighted by molar-refractivity contribution is 9.10. The van der Waals surface area contributed by atoms with Gasteiger partial charge in [0, 0.05) is 10.0 Å². The summed E-state index contributed by atoms with van der Waals surface area (Å²) in [5, 5.41) is 0. The third kappa shape index (κ3) is 3.28. The van der Waals surface area contributed by atoms with Crippen molar-refractivity contribution in [2.24, 2.45) is 5.84 Å². The molecular formula is C17H21BrN2O. The number of hydrazine groups is 1. The molecule has 0 bridgehead atoms. The number of rotatable bonds is 4. The Bertz CT molecular complexity index is 655. The summed E-state index contributed by atoms with van der Waals surface area (Å²) in [5.74, 6) is 6.71. The number of ether oxygens (including phenoxy) is 1. The van der Waals surface area contributed by atoms with Crippen LogP contribution in [0.1, 0.15) is 33.9 Å². The van der Waals surface area contributed by atoms with Gasteiger partial charge in [-0.25, -0.2) is 5.43 Å². The Hall–Kier alpha value is -1.36. The molecule has 0 saturated carbocycles. The molecule has 1 unspecified atom stereocenters. The number of nitrogens with two attached hydrogens (primary N) is 1. The van der Waals surface area contributed by atoms with Crippen molar-refractivity contribution >= 4 is 15.9 Å². The van der Waals surface area contributed by atoms with Gasteiger partial charge >= 0.3 is 0 Å². The zero-order valence-electron chi connectivity index (χ0n) is 12.8. The van der Waals surface area contributed by atoms with Crippen LogP contribution in [0.4, 0.5) is 0 Å². The van der Waals surface area contributed by atoms with Crippen LogP contribution in [-0.2, 0) is 0 Å². The maximum Gasteiger partial charge on any atom is 0.124 e. The average molecular weight is 349 g/mol. The third-order valence-electron chi connectivity index (χ3n) is 3.63. The van der Waals surface area contributed by atoms with E-state index in [9.17, 15) is 0 Å². The van der Waals surface area contributed by atoms with Crippen molar-refractivity contribution in [3.8, 4) is 5.75 Å². The first-order chi connectivity index (χ1) is 9.97. The van der Waals surface area contributed by atoms with Crippen LogP contribution in [0.25, 0.3) is 0 Å². The smallest absolute Gasteiger partial charge is 0.124 e. The van der Waals surface area contributed by atoms with Gasteiger partial charge in [-0.15, -0.1) is 0 Å². The fraction of sp³-hybridized carbons (Fsp3) is 0.294. The molecule has 0 heterocycles. The van der Waals surface area contributed by atoms with Gasteiger partial charge in [-0.2, -0.15) is 0 Å². The highest BCUT2D eigenvalue weighted by Crippen LogP contribution is 2.36. The molecule has 0 amide bonds. The number of methoxy groups -OCH3 is 1. The summed E-state index contributed by atoms with van der Waals surface area (Å²) in [6.45, 7) is 6.22. The predicted molar refractivity (Wildman–Crippen MR) is 90.5 cm³/mol. The molecule has 3 nitrogen and oxygen atoms in total. The Morgan fingerprint density at radius 2 is 1.81 bits per heavy atom. The van der Waals surface area contributed by atoms with E-state index in [4.69, 9.17) is 10.6 Å². The summed E-state index contributed by atoms with van der Waals surface area (Å²) in [6.07, 6.45) is 0. The van der Waals surface area contributed by atoms with Gasteiger partial charge in [0.1, 0.15) is 5.75 Å². The quantitative estimate of drug-likeness (QED) is 0.649. The van der Waals surface area contributed by atoms with Gasteiger partial charge in [0.25, 0.3) is 0 Å². The van der Waals surface area contributed by atoms with Gasteiger partial charge in [-0.1, -0.05) is 39.7 Å². The number of nitrogens with one attached hydrogen (secondary N) is 1. The second-order valence-corrected chi connectivity index (χ2v) is 6.18. The highest BCUT2D eigenvalue weighted by atomic mass is 79.9. The van der Waals surface area contributed by atoms with Crippen LogP contribution >= 0.6 is 15.9 Å². The minimum atomic E-state index is -0.130. The van der Waals surface area contributed by atoms with E-state index in [0.717, 1.165) is 26.9 Å². The molecule has 0 aliphatic heterocycles. The lowest BCUT2D eigenvalue weighted by Crippen LogP contribution is -2.30. The number of hydrogen-bond donors (Lipinski definition) is 2. The van der Waals surface area contributed by atoms with Crippen LogP contribution < -0.4 is 16.0 Å². The summed E-state index contributed by atoms with van der Waals surface area (Å²) in [7, 11) is 1.69. The van der Waals surface area contributed by atoms with Crippen LogP contribution in [0.3, 0.4) is 0 Å². The Balaban J connectivity index is 2.64. The highest BCUT2D eigenvalue weighted by Gasteiger charge is 2.21. The molecule has 2 aromatic carbocycles. The molecule has 2 rings (SSSR count). The number of aryl methyl sites for hydroxylation is 3. The van der Waals surface area contributed by atoms with Gasteiger partial charge in [0.2, 0.25) is 0 Å². The van der Waals surface area contributed by atoms with Gasteiger partial charge < -0.3 is 4.74 Å². The number of hydrogen-bond acceptors (Lipinski definition) is 3. The Morgan fingerprint density at radius 3 is 2.43 bits per heavy atom. The fourth-order valence-electron chi connectivity index (χ4n) is 2.69. The molecular weight excluding hydrogens is 328 g/mol. The van der Waals surface area contributed by atoms with E-state index < -0.39 is 0 Å². The van der Waals surface area contributed by atoms with Gasteiger partial charge in [-0.3, -0.25) is 5.84 Å². The summed E-state index contributed by atoms with van der Waals surface area (Å²) in [6, 6.07) is 10.3. The molecule has 21 heavy (non-hydrogen) atoms. The summed E-state index contributed by atoms with van der Waals surface area (Å²) >= 11 is 3.62. The molecule has 2 aromatic rings. The topological polar surface area (TPSA) is 47.3 Å². The normalized spacial score (nSPS) is 12.3. The van der Waals surface area contributed by atoms with Gasteiger partial charge in [0.15, 0.2) is 0 Å². The lowest BCUT2D eigenvalue weighted by Gasteiger charge is -2.23. The molecule has 4 heteroatoms. The van der Waals surface area contributed by atoms with Crippen LogP contribution in [0.15, 0.2) is 34.8 Å². The zero-order chi connectivity index (χ0) is 15.6. The third-order valence-corrected chi connectivity index (χ3v) is 4.35. The fourth-order valence-corrected chi connectivity index (χ4v) is 3.17. The molecule has 0 fully saturated rings. The maximum absolute atomic E-state index is 5.86. The average Bonchev–Trinajstić information content (AvgIpc) is 2.44. The summed E-state index contributed by atoms with van der Waals surface area (Å²) in [5.41, 5.74) is 8.61. The van der Waals surface area contributed by atoms with Gasteiger partial charge in [-0.05, 0) is 49.6 Å². The molecule has 0 aliphatic carbocycles. The molecule has 0 saturated heterocycles. The van der Waals surface area contributed by atoms with Crippen molar-refractivity contribution in [2.75, 3.05) is 7.11 Å². The first kappa shape index (κ1) is 16.0. The Morgan fingerprint density at radius 1 is 1.10 bits per heavy atom. The summed E-state index contributed by atoms with van der Waals surface area (Å²) < 4.78 is 6.60. The van der Waals surface area contributed by atoms with Crippen molar-refractivity contribution in [2.45, 2.75) is 26.8 Å². The van der Waals surface area contributed by atoms with E-state index in [0.29, 0.717) is 0 Å². The Labute approximate surface area is 134 Å². The van der Waals surface area contributed by atoms with E-state index in [1.807, 2.05) is 12.1 Å². The largest absolute Gasteiger partial charge is 0.496 e. The van der Waals surface area contributed by atoms with Crippen molar-refractivity contribution in [1.82, 2.24) is 5.43 Å². The van der Waals surface area contributed by atoms with Crippen LogP contribution in [-0.4, -0.2) is 7.11 Å². The standard InChI is InChI=1S/C17H21BrN2O/c1-10-5-6-14(18)13(8-10)17(20-19)16-12(3)7-11(2)9-15(16)21-4/h5-9,17,20H,19H2,1-4H3. The summed E-state index contributed by atoms with van der Waals surface area (Å²) in [4.78, 5) is 0. The van der Waals surface area contributed by atoms with E-state index in [2.05, 4.69) is 60.3 Å². The zero-order valence-corrected chi connectivity index (χ0v) is 14.4. The lowest BCUT2D eigenvalue weighted by molar-refractivity contribution is 0.403. The van der Waals surface area contributed by atoms with Crippen molar-refractivity contribution < 1.29 is 4.74 Å². The Kier molecular flexibility index (Phi) is 5.04. The molecule has 1 atom stereocenters. The van der Waals surface area contributed by atoms with Crippen LogP contribution in [0.2, 0.25) is 0 Å². The van der Waals surface area contributed by atoms with E-state index in [-0.39, 0.29) is 6.04 Å². The lowest BCUT2D eigenvalue weighted by atomic mass is 9.92. The number of halogens is 1. The second kappa shape index (κ2) is 6.60. The molecule has 0 radical (unpaired) electrons. The first-order valence-electron chi connectivity index (χ1n) is 6.85. The minimum absolute atomic E-state index is 0.130. The second-order valence-electron chi connectivity index (χ2n) is 5.32. The van der Waals surface area contributed by atoms with E-state index in [1.165, 1.54) is 11.1 Å². The van der Waals surface area contributed by atoms with E-state index in [1.54, 1.807) is 7.11 Å². The monoisotopic (exact) mass is 348 g/mol. The van der Waals surface area contributed by atoms with Crippen LogP contribution in [0.5, 0.6) is 5.75 Å². The molecule has 112 valence electrons. The molecule has 0 aromatic heterocycles. The van der Waals surface area contributed by atoms with E-state index >= 15 is 0 Å². The number of benzene rings is 2. The van der Waals surface area contributed by atoms with Gasteiger partial charge in [0.05, 0.1) is 13.2 Å². The molecule has 0 aliphatic rings. The van der Waals surface area contributed by atoms with Crippen LogP contribution in [0, 0.1) is 20.8 Å². The predicted octanol–water partition coefficient (Wildman–Crippen LogP) is 3.94. The first-order valence-corrected chi connectivity index (χ1v) is 7.64. The van der Waals surface area contributed by atoms with Crippen molar-refractivity contribution in [3.05, 3.63) is 62.6 Å². The van der Waals surface area contributed by atoms with Crippen molar-refractivity contribution in [3.63, 3.8) is 0 Å². The maximum atomic E-state index is 5.86. The molecule has 0 spiro atoms. The molecule has 3 N–H and O–H groups in total. The van der Waals surface area contributed by atoms with Crippen molar-refractivity contribution in [1.29, 1.82) is 0 Å². The SMILES string of the molecule is COc1cc(C)cc(C)c1C(NN)c1cc(C)ccc1Br.